The number of benzene rings is 1. The summed E-state index contributed by atoms with van der Waals surface area (Å²) < 4.78 is 6.35. The van der Waals surface area contributed by atoms with Gasteiger partial charge in [-0.2, -0.15) is 0 Å². The topological polar surface area (TPSA) is 39.2 Å². The molecule has 0 saturated heterocycles. The molecule has 2 aromatic rings. The number of carbonyl (C=O) groups is 1. The molecule has 0 aliphatic heterocycles. The van der Waals surface area contributed by atoms with Gasteiger partial charge in [0.1, 0.15) is 5.75 Å². The second-order valence-corrected chi connectivity index (χ2v) is 4.96. The van der Waals surface area contributed by atoms with Gasteiger partial charge in [-0.1, -0.05) is 12.1 Å². The molecule has 0 fully saturated rings. The fourth-order valence-electron chi connectivity index (χ4n) is 1.81. The van der Waals surface area contributed by atoms with Gasteiger partial charge in [0.2, 0.25) is 0 Å². The average molecular weight is 320 g/mol. The maximum atomic E-state index is 12.3. The van der Waals surface area contributed by atoms with Crippen molar-refractivity contribution in [3.63, 3.8) is 0 Å². The molecule has 0 radical (unpaired) electrons. The van der Waals surface area contributed by atoms with Gasteiger partial charge in [0.15, 0.2) is 5.78 Å². The molecule has 0 amide bonds. The zero-order valence-electron chi connectivity index (χ0n) is 10.6. The molecule has 98 valence electrons. The number of Topliss-reactive ketones (excluding diaryl/α,β-unsaturated/α-hetero) is 1. The predicted octanol–water partition coefficient (Wildman–Crippen LogP) is 3.67. The van der Waals surface area contributed by atoms with Crippen LogP contribution >= 0.6 is 15.9 Å². The Morgan fingerprint density at radius 1 is 1.32 bits per heavy atom. The van der Waals surface area contributed by atoms with Crippen LogP contribution in [-0.2, 0) is 6.42 Å². The molecule has 0 saturated carbocycles. The number of pyridine rings is 1. The summed E-state index contributed by atoms with van der Waals surface area (Å²) in [5.41, 5.74) is 1.50. The number of halogens is 1. The van der Waals surface area contributed by atoms with Crippen molar-refractivity contribution in [2.75, 3.05) is 6.61 Å². The van der Waals surface area contributed by atoms with Crippen molar-refractivity contribution < 1.29 is 9.53 Å². The van der Waals surface area contributed by atoms with E-state index in [1.165, 1.54) is 0 Å². The number of aromatic nitrogens is 1. The highest BCUT2D eigenvalue weighted by Gasteiger charge is 2.12. The van der Waals surface area contributed by atoms with Gasteiger partial charge in [-0.15, -0.1) is 0 Å². The highest BCUT2D eigenvalue weighted by Crippen LogP contribution is 2.20. The molecule has 3 nitrogen and oxygen atoms in total. The second-order valence-electron chi connectivity index (χ2n) is 4.04. The lowest BCUT2D eigenvalue weighted by molar-refractivity contribution is 0.0989. The van der Waals surface area contributed by atoms with Crippen LogP contribution in [0.15, 0.2) is 47.2 Å². The summed E-state index contributed by atoms with van der Waals surface area (Å²) >= 11 is 3.35. The first kappa shape index (κ1) is 13.7. The number of carbonyl (C=O) groups excluding carboxylic acids is 1. The van der Waals surface area contributed by atoms with E-state index in [0.717, 1.165) is 10.0 Å². The number of nitrogens with zero attached hydrogens (tertiary/aromatic N) is 1. The number of ketones is 1. The monoisotopic (exact) mass is 319 g/mol. The molecule has 19 heavy (non-hydrogen) atoms. The molecular formula is C15H14BrNO2. The average Bonchev–Trinajstić information content (AvgIpc) is 2.39. The zero-order chi connectivity index (χ0) is 13.7. The summed E-state index contributed by atoms with van der Waals surface area (Å²) in [4.78, 5) is 16.4. The summed E-state index contributed by atoms with van der Waals surface area (Å²) in [6.07, 6.45) is 3.71. The van der Waals surface area contributed by atoms with Crippen molar-refractivity contribution in [1.29, 1.82) is 0 Å². The molecule has 0 bridgehead atoms. The standard InChI is InChI=1S/C15H14BrNO2/c1-2-19-15-6-4-3-5-13(15)14(18)8-11-7-12(16)10-17-9-11/h3-7,9-10H,2,8H2,1H3. The minimum Gasteiger partial charge on any atom is -0.493 e. The third-order valence-electron chi connectivity index (χ3n) is 2.61. The Kier molecular flexibility index (Phi) is 4.68. The molecule has 0 aliphatic carbocycles. The van der Waals surface area contributed by atoms with Crippen molar-refractivity contribution in [1.82, 2.24) is 4.98 Å². The molecule has 4 heteroatoms. The second kappa shape index (κ2) is 6.48. The van der Waals surface area contributed by atoms with E-state index in [-0.39, 0.29) is 5.78 Å². The van der Waals surface area contributed by atoms with E-state index in [0.29, 0.717) is 24.3 Å². The summed E-state index contributed by atoms with van der Waals surface area (Å²) in [5, 5.41) is 0. The van der Waals surface area contributed by atoms with Crippen LogP contribution in [0.1, 0.15) is 22.8 Å². The highest BCUT2D eigenvalue weighted by atomic mass is 79.9. The van der Waals surface area contributed by atoms with Crippen LogP contribution in [0, 0.1) is 0 Å². The number of para-hydroxylation sites is 1. The van der Waals surface area contributed by atoms with E-state index >= 15 is 0 Å². The van der Waals surface area contributed by atoms with Crippen molar-refractivity contribution in [3.8, 4) is 5.75 Å². The number of ether oxygens (including phenoxy) is 1. The van der Waals surface area contributed by atoms with Gasteiger partial charge in [-0.05, 0) is 46.6 Å². The third-order valence-corrected chi connectivity index (χ3v) is 3.05. The first-order valence-electron chi connectivity index (χ1n) is 6.05. The van der Waals surface area contributed by atoms with Crippen LogP contribution in [-0.4, -0.2) is 17.4 Å². The van der Waals surface area contributed by atoms with E-state index < -0.39 is 0 Å². The number of hydrogen-bond acceptors (Lipinski definition) is 3. The molecule has 0 unspecified atom stereocenters. The fourth-order valence-corrected chi connectivity index (χ4v) is 2.22. The molecule has 1 heterocycles. The van der Waals surface area contributed by atoms with Crippen molar-refractivity contribution in [2.24, 2.45) is 0 Å². The lowest BCUT2D eigenvalue weighted by Crippen LogP contribution is -2.07. The van der Waals surface area contributed by atoms with Crippen LogP contribution < -0.4 is 4.74 Å². The Morgan fingerprint density at radius 3 is 2.84 bits per heavy atom. The molecule has 0 N–H and O–H groups in total. The van der Waals surface area contributed by atoms with E-state index in [1.54, 1.807) is 18.5 Å². The summed E-state index contributed by atoms with van der Waals surface area (Å²) in [7, 11) is 0. The van der Waals surface area contributed by atoms with Crippen molar-refractivity contribution in [2.45, 2.75) is 13.3 Å². The van der Waals surface area contributed by atoms with E-state index in [2.05, 4.69) is 20.9 Å². The SMILES string of the molecule is CCOc1ccccc1C(=O)Cc1cncc(Br)c1. The predicted molar refractivity (Wildman–Crippen MR) is 77.6 cm³/mol. The molecular weight excluding hydrogens is 306 g/mol. The Balaban J connectivity index is 2.20. The molecule has 2 rings (SSSR count). The van der Waals surface area contributed by atoms with Crippen LogP contribution in [0.25, 0.3) is 0 Å². The smallest absolute Gasteiger partial charge is 0.171 e. The third kappa shape index (κ3) is 3.64. The maximum Gasteiger partial charge on any atom is 0.171 e. The van der Waals surface area contributed by atoms with Gasteiger partial charge in [-0.3, -0.25) is 9.78 Å². The fraction of sp³-hybridized carbons (Fsp3) is 0.200. The molecule has 1 aromatic heterocycles. The first-order valence-corrected chi connectivity index (χ1v) is 6.84. The van der Waals surface area contributed by atoms with E-state index in [9.17, 15) is 4.79 Å². The normalized spacial score (nSPS) is 10.2. The quantitative estimate of drug-likeness (QED) is 0.789. The van der Waals surface area contributed by atoms with Crippen LogP contribution in [0.3, 0.4) is 0 Å². The molecule has 0 aliphatic rings. The lowest BCUT2D eigenvalue weighted by Gasteiger charge is -2.09. The van der Waals surface area contributed by atoms with Gasteiger partial charge in [-0.25, -0.2) is 0 Å². The Labute approximate surface area is 120 Å². The Bertz CT molecular complexity index is 584. The lowest BCUT2D eigenvalue weighted by atomic mass is 10.0. The van der Waals surface area contributed by atoms with Gasteiger partial charge >= 0.3 is 0 Å². The Morgan fingerprint density at radius 2 is 2.11 bits per heavy atom. The van der Waals surface area contributed by atoms with Gasteiger partial charge in [0.25, 0.3) is 0 Å². The molecule has 1 aromatic carbocycles. The van der Waals surface area contributed by atoms with Crippen LogP contribution in [0.4, 0.5) is 0 Å². The number of hydrogen-bond donors (Lipinski definition) is 0. The van der Waals surface area contributed by atoms with E-state index in [4.69, 9.17) is 4.74 Å². The minimum atomic E-state index is 0.0314. The van der Waals surface area contributed by atoms with Crippen molar-refractivity contribution in [3.05, 3.63) is 58.3 Å². The summed E-state index contributed by atoms with van der Waals surface area (Å²) in [5.74, 6) is 0.668. The largest absolute Gasteiger partial charge is 0.493 e. The molecule has 0 atom stereocenters. The summed E-state index contributed by atoms with van der Waals surface area (Å²) in [6.45, 7) is 2.45. The van der Waals surface area contributed by atoms with Crippen LogP contribution in [0.2, 0.25) is 0 Å². The highest BCUT2D eigenvalue weighted by molar-refractivity contribution is 9.10. The zero-order valence-corrected chi connectivity index (χ0v) is 12.2. The Hall–Kier alpha value is -1.68. The van der Waals surface area contributed by atoms with E-state index in [1.807, 2.05) is 31.2 Å². The van der Waals surface area contributed by atoms with Crippen LogP contribution in [0.5, 0.6) is 5.75 Å². The minimum absolute atomic E-state index is 0.0314. The van der Waals surface area contributed by atoms with Gasteiger partial charge in [0, 0.05) is 23.3 Å². The van der Waals surface area contributed by atoms with Gasteiger partial charge < -0.3 is 4.74 Å². The first-order chi connectivity index (χ1) is 9.20. The summed E-state index contributed by atoms with van der Waals surface area (Å²) in [6, 6.07) is 9.21. The van der Waals surface area contributed by atoms with Gasteiger partial charge in [0.05, 0.1) is 12.2 Å². The maximum absolute atomic E-state index is 12.3. The number of rotatable bonds is 5. The van der Waals surface area contributed by atoms with Crippen molar-refractivity contribution >= 4 is 21.7 Å². The molecule has 0 spiro atoms.